The summed E-state index contributed by atoms with van der Waals surface area (Å²) in [4.78, 5) is 54.0. The van der Waals surface area contributed by atoms with Gasteiger partial charge in [0.1, 0.15) is 11.6 Å². The molecule has 0 aromatic heterocycles. The molecule has 202 valence electrons. The topological polar surface area (TPSA) is 105 Å². The van der Waals surface area contributed by atoms with Crippen LogP contribution < -0.4 is 10.6 Å². The fourth-order valence-electron chi connectivity index (χ4n) is 3.94. The van der Waals surface area contributed by atoms with Gasteiger partial charge in [0.05, 0.1) is 13.2 Å². The van der Waals surface area contributed by atoms with E-state index in [2.05, 4.69) is 23.8 Å². The summed E-state index contributed by atoms with van der Waals surface area (Å²) in [5.74, 6) is -1.94. The van der Waals surface area contributed by atoms with E-state index in [0.29, 0.717) is 12.0 Å². The maximum Gasteiger partial charge on any atom is 0.328 e. The molecule has 2 atom stereocenters. The Morgan fingerprint density at radius 3 is 2.21 bits per heavy atom. The number of ether oxygens (including phenoxy) is 1. The number of allylic oxidation sites excluding steroid dienone is 1. The van der Waals surface area contributed by atoms with Crippen molar-refractivity contribution in [3.05, 3.63) is 97.1 Å². The van der Waals surface area contributed by atoms with Crippen molar-refractivity contribution in [1.82, 2.24) is 15.5 Å². The quantitative estimate of drug-likeness (QED) is 0.275. The second-order valence-electron chi connectivity index (χ2n) is 8.92. The summed E-state index contributed by atoms with van der Waals surface area (Å²) in [7, 11) is 0. The number of benzene rings is 2. The second-order valence-corrected chi connectivity index (χ2v) is 8.92. The zero-order chi connectivity index (χ0) is 28.0. The molecule has 0 bridgehead atoms. The average molecular weight is 520 g/mol. The molecule has 2 aromatic carbocycles. The standard InChI is InChI=1S/C30H37N3O5/c1-5-8-20-30(4,29(37)32-25(15-6-2)28(36)38-7-3)33(22-23-16-11-9-12-17-23)26(34)21-31-27(35)24-18-13-10-14-19-24/h5-6,9-14,16-19,25H,1-2,7-8,15,20-22H2,3-4H3,(H,31,35)(H,32,37). The fraction of sp³-hybridized carbons (Fsp3) is 0.333. The van der Waals surface area contributed by atoms with Crippen molar-refractivity contribution in [1.29, 1.82) is 0 Å². The number of carbonyl (C=O) groups excluding carboxylic acids is 4. The predicted molar refractivity (Wildman–Crippen MR) is 147 cm³/mol. The number of hydrogen-bond acceptors (Lipinski definition) is 5. The van der Waals surface area contributed by atoms with Gasteiger partial charge < -0.3 is 20.3 Å². The van der Waals surface area contributed by atoms with Gasteiger partial charge in [0.25, 0.3) is 5.91 Å². The molecule has 2 N–H and O–H groups in total. The lowest BCUT2D eigenvalue weighted by molar-refractivity contribution is -0.152. The molecule has 3 amide bonds. The average Bonchev–Trinajstić information content (AvgIpc) is 2.94. The molecular formula is C30H37N3O5. The van der Waals surface area contributed by atoms with Gasteiger partial charge in [-0.3, -0.25) is 14.4 Å². The molecule has 38 heavy (non-hydrogen) atoms. The van der Waals surface area contributed by atoms with Crippen LogP contribution in [0, 0.1) is 0 Å². The van der Waals surface area contributed by atoms with E-state index in [1.165, 1.54) is 11.0 Å². The minimum atomic E-state index is -1.37. The second kappa shape index (κ2) is 15.1. The molecular weight excluding hydrogens is 482 g/mol. The van der Waals surface area contributed by atoms with E-state index >= 15 is 0 Å². The van der Waals surface area contributed by atoms with E-state index in [1.54, 1.807) is 50.3 Å². The molecule has 0 aliphatic rings. The van der Waals surface area contributed by atoms with Crippen molar-refractivity contribution < 1.29 is 23.9 Å². The van der Waals surface area contributed by atoms with Crippen LogP contribution in [0.5, 0.6) is 0 Å². The zero-order valence-electron chi connectivity index (χ0n) is 22.2. The predicted octanol–water partition coefficient (Wildman–Crippen LogP) is 3.79. The molecule has 0 saturated heterocycles. The summed E-state index contributed by atoms with van der Waals surface area (Å²) in [6, 6.07) is 16.9. The molecule has 0 aliphatic heterocycles. The van der Waals surface area contributed by atoms with Crippen LogP contribution in [-0.4, -0.2) is 53.3 Å². The minimum Gasteiger partial charge on any atom is -0.464 e. The van der Waals surface area contributed by atoms with Gasteiger partial charge >= 0.3 is 5.97 Å². The Morgan fingerprint density at radius 1 is 1.00 bits per heavy atom. The van der Waals surface area contributed by atoms with Crippen LogP contribution in [0.1, 0.15) is 49.0 Å². The molecule has 0 spiro atoms. The van der Waals surface area contributed by atoms with Crippen molar-refractivity contribution >= 4 is 23.7 Å². The Labute approximate surface area is 224 Å². The molecule has 0 fully saturated rings. The SMILES string of the molecule is C=CCCC(C)(C(=O)NC(CC=C)C(=O)OCC)N(Cc1ccccc1)C(=O)CNC(=O)c1ccccc1. The van der Waals surface area contributed by atoms with E-state index in [9.17, 15) is 19.2 Å². The molecule has 0 radical (unpaired) electrons. The fourth-order valence-corrected chi connectivity index (χ4v) is 3.94. The highest BCUT2D eigenvalue weighted by atomic mass is 16.5. The summed E-state index contributed by atoms with van der Waals surface area (Å²) >= 11 is 0. The summed E-state index contributed by atoms with van der Waals surface area (Å²) in [5.41, 5.74) is -0.144. The van der Waals surface area contributed by atoms with Gasteiger partial charge in [-0.05, 0) is 50.8 Å². The lowest BCUT2D eigenvalue weighted by Gasteiger charge is -2.41. The summed E-state index contributed by atoms with van der Waals surface area (Å²) in [6.07, 6.45) is 4.04. The normalized spacial score (nSPS) is 12.8. The first-order chi connectivity index (χ1) is 18.3. The lowest BCUT2D eigenvalue weighted by Crippen LogP contribution is -2.62. The van der Waals surface area contributed by atoms with Crippen LogP contribution in [0.25, 0.3) is 0 Å². The molecule has 0 aliphatic carbocycles. The Morgan fingerprint density at radius 2 is 1.63 bits per heavy atom. The van der Waals surface area contributed by atoms with Crippen molar-refractivity contribution in [3.63, 3.8) is 0 Å². The number of hydrogen-bond donors (Lipinski definition) is 2. The van der Waals surface area contributed by atoms with Gasteiger partial charge in [-0.1, -0.05) is 60.7 Å². The maximum atomic E-state index is 13.8. The zero-order valence-corrected chi connectivity index (χ0v) is 22.2. The lowest BCUT2D eigenvalue weighted by atomic mass is 9.90. The first kappa shape index (κ1) is 30.0. The van der Waals surface area contributed by atoms with Crippen LogP contribution >= 0.6 is 0 Å². The smallest absolute Gasteiger partial charge is 0.328 e. The molecule has 2 unspecified atom stereocenters. The summed E-state index contributed by atoms with van der Waals surface area (Å²) in [6.45, 7) is 10.7. The van der Waals surface area contributed by atoms with E-state index in [1.807, 2.05) is 30.3 Å². The first-order valence-corrected chi connectivity index (χ1v) is 12.6. The molecule has 0 heterocycles. The van der Waals surface area contributed by atoms with Gasteiger partial charge in [0.2, 0.25) is 11.8 Å². The van der Waals surface area contributed by atoms with Gasteiger partial charge in [-0.15, -0.1) is 13.2 Å². The van der Waals surface area contributed by atoms with Crippen molar-refractivity contribution in [2.24, 2.45) is 0 Å². The highest BCUT2D eigenvalue weighted by Crippen LogP contribution is 2.26. The Bertz CT molecular complexity index is 1100. The van der Waals surface area contributed by atoms with Crippen molar-refractivity contribution in [2.75, 3.05) is 13.2 Å². The van der Waals surface area contributed by atoms with E-state index in [0.717, 1.165) is 5.56 Å². The van der Waals surface area contributed by atoms with Crippen molar-refractivity contribution in [3.8, 4) is 0 Å². The summed E-state index contributed by atoms with van der Waals surface area (Å²) in [5, 5.41) is 5.42. The monoisotopic (exact) mass is 519 g/mol. The number of nitrogens with zero attached hydrogens (tertiary/aromatic N) is 1. The van der Waals surface area contributed by atoms with E-state index < -0.39 is 35.3 Å². The van der Waals surface area contributed by atoms with E-state index in [4.69, 9.17) is 4.74 Å². The summed E-state index contributed by atoms with van der Waals surface area (Å²) < 4.78 is 5.12. The van der Waals surface area contributed by atoms with Gasteiger partial charge in [-0.2, -0.15) is 0 Å². The maximum absolute atomic E-state index is 13.8. The molecule has 2 aromatic rings. The number of carbonyl (C=O) groups is 4. The van der Waals surface area contributed by atoms with Gasteiger partial charge in [-0.25, -0.2) is 4.79 Å². The number of esters is 1. The number of amides is 3. The van der Waals surface area contributed by atoms with Crippen LogP contribution in [0.4, 0.5) is 0 Å². The molecule has 8 nitrogen and oxygen atoms in total. The number of nitrogens with one attached hydrogen (secondary N) is 2. The van der Waals surface area contributed by atoms with Crippen LogP contribution in [-0.2, 0) is 25.7 Å². The third-order valence-corrected chi connectivity index (χ3v) is 6.12. The molecule has 8 heteroatoms. The first-order valence-electron chi connectivity index (χ1n) is 12.6. The van der Waals surface area contributed by atoms with Crippen LogP contribution in [0.15, 0.2) is 86.0 Å². The Balaban J connectivity index is 2.39. The third-order valence-electron chi connectivity index (χ3n) is 6.12. The molecule has 0 saturated carbocycles. The highest BCUT2D eigenvalue weighted by Gasteiger charge is 2.43. The Hall–Kier alpha value is -4.20. The third kappa shape index (κ3) is 8.44. The van der Waals surface area contributed by atoms with Crippen LogP contribution in [0.3, 0.4) is 0 Å². The molecule has 2 rings (SSSR count). The number of rotatable bonds is 15. The van der Waals surface area contributed by atoms with Crippen molar-refractivity contribution in [2.45, 2.75) is 51.2 Å². The van der Waals surface area contributed by atoms with Gasteiger partial charge in [0.15, 0.2) is 0 Å². The Kier molecular flexibility index (Phi) is 12.0. The van der Waals surface area contributed by atoms with Gasteiger partial charge in [0, 0.05) is 12.1 Å². The van der Waals surface area contributed by atoms with Crippen LogP contribution in [0.2, 0.25) is 0 Å². The largest absolute Gasteiger partial charge is 0.464 e. The highest BCUT2D eigenvalue weighted by molar-refractivity contribution is 5.98. The minimum absolute atomic E-state index is 0.119. The van der Waals surface area contributed by atoms with E-state index in [-0.39, 0.29) is 32.5 Å².